The van der Waals surface area contributed by atoms with Crippen molar-refractivity contribution >= 4 is 5.97 Å². The Bertz CT molecular complexity index is 209. The molecule has 0 aliphatic heterocycles. The van der Waals surface area contributed by atoms with Gasteiger partial charge in [0.15, 0.2) is 0 Å². The van der Waals surface area contributed by atoms with Crippen LogP contribution in [0.3, 0.4) is 0 Å². The number of carbonyl (C=O) groups is 1. The van der Waals surface area contributed by atoms with Gasteiger partial charge in [0.2, 0.25) is 0 Å². The standard InChI is InChI=1S/C9H17NO3/c1-7(9(12)13)8(10(2)3)5-4-6-11/h11H,4-6H2,1-3H3,(H,12,13). The van der Waals surface area contributed by atoms with Crippen LogP contribution in [0.1, 0.15) is 19.8 Å². The van der Waals surface area contributed by atoms with Gasteiger partial charge in [-0.2, -0.15) is 0 Å². The maximum Gasteiger partial charge on any atom is 0.333 e. The summed E-state index contributed by atoms with van der Waals surface area (Å²) < 4.78 is 0. The molecule has 0 aliphatic rings. The molecule has 0 bridgehead atoms. The second kappa shape index (κ2) is 5.59. The van der Waals surface area contributed by atoms with Crippen molar-refractivity contribution in [2.75, 3.05) is 20.7 Å². The van der Waals surface area contributed by atoms with Crippen molar-refractivity contribution in [3.8, 4) is 0 Å². The predicted octanol–water partition coefficient (Wildman–Crippen LogP) is 0.679. The van der Waals surface area contributed by atoms with E-state index in [0.29, 0.717) is 18.4 Å². The Balaban J connectivity index is 4.57. The van der Waals surface area contributed by atoms with Crippen molar-refractivity contribution in [2.45, 2.75) is 19.8 Å². The number of carboxylic acids is 1. The van der Waals surface area contributed by atoms with Crippen LogP contribution in [0.15, 0.2) is 11.3 Å². The lowest BCUT2D eigenvalue weighted by molar-refractivity contribution is -0.132. The topological polar surface area (TPSA) is 60.8 Å². The zero-order valence-corrected chi connectivity index (χ0v) is 8.37. The number of aliphatic hydroxyl groups excluding tert-OH is 1. The van der Waals surface area contributed by atoms with E-state index in [2.05, 4.69) is 0 Å². The third-order valence-corrected chi connectivity index (χ3v) is 1.87. The third kappa shape index (κ3) is 3.94. The van der Waals surface area contributed by atoms with Crippen molar-refractivity contribution in [2.24, 2.45) is 0 Å². The highest BCUT2D eigenvalue weighted by molar-refractivity contribution is 5.86. The fourth-order valence-electron chi connectivity index (χ4n) is 1.12. The molecule has 0 aliphatic carbocycles. The summed E-state index contributed by atoms with van der Waals surface area (Å²) in [6.45, 7) is 1.67. The third-order valence-electron chi connectivity index (χ3n) is 1.87. The van der Waals surface area contributed by atoms with Crippen LogP contribution >= 0.6 is 0 Å². The summed E-state index contributed by atoms with van der Waals surface area (Å²) in [7, 11) is 3.61. The monoisotopic (exact) mass is 187 g/mol. The Morgan fingerprint density at radius 2 is 1.92 bits per heavy atom. The van der Waals surface area contributed by atoms with Gasteiger partial charge >= 0.3 is 5.97 Å². The number of aliphatic hydroxyl groups is 1. The molecular formula is C9H17NO3. The van der Waals surface area contributed by atoms with Gasteiger partial charge in [0.1, 0.15) is 0 Å². The fourth-order valence-corrected chi connectivity index (χ4v) is 1.12. The zero-order chi connectivity index (χ0) is 10.4. The zero-order valence-electron chi connectivity index (χ0n) is 8.37. The van der Waals surface area contributed by atoms with Crippen molar-refractivity contribution in [1.29, 1.82) is 0 Å². The van der Waals surface area contributed by atoms with Gasteiger partial charge in [0.25, 0.3) is 0 Å². The molecule has 0 saturated carbocycles. The van der Waals surface area contributed by atoms with Gasteiger partial charge in [-0.3, -0.25) is 0 Å². The maximum absolute atomic E-state index is 10.7. The van der Waals surface area contributed by atoms with Gasteiger partial charge in [0, 0.05) is 26.4 Å². The number of carboxylic acid groups (broad SMARTS) is 1. The number of aliphatic carboxylic acids is 1. The molecule has 0 unspecified atom stereocenters. The van der Waals surface area contributed by atoms with Crippen molar-refractivity contribution in [1.82, 2.24) is 4.90 Å². The van der Waals surface area contributed by atoms with Gasteiger partial charge in [0.05, 0.1) is 5.57 Å². The van der Waals surface area contributed by atoms with Gasteiger partial charge in [-0.1, -0.05) is 0 Å². The first-order valence-corrected chi connectivity index (χ1v) is 4.22. The van der Waals surface area contributed by atoms with Crippen LogP contribution in [0.5, 0.6) is 0 Å². The minimum Gasteiger partial charge on any atom is -0.478 e. The average Bonchev–Trinajstić information content (AvgIpc) is 2.04. The highest BCUT2D eigenvalue weighted by Crippen LogP contribution is 2.13. The molecule has 0 spiro atoms. The lowest BCUT2D eigenvalue weighted by Crippen LogP contribution is -2.16. The van der Waals surface area contributed by atoms with Crippen molar-refractivity contribution in [3.05, 3.63) is 11.3 Å². The number of nitrogens with zero attached hydrogens (tertiary/aromatic N) is 1. The smallest absolute Gasteiger partial charge is 0.333 e. The van der Waals surface area contributed by atoms with E-state index in [1.165, 1.54) is 0 Å². The molecule has 0 aromatic rings. The van der Waals surface area contributed by atoms with E-state index in [0.717, 1.165) is 5.70 Å². The molecule has 4 heteroatoms. The van der Waals surface area contributed by atoms with E-state index in [1.54, 1.807) is 25.9 Å². The Kier molecular flexibility index (Phi) is 5.14. The molecule has 0 aromatic carbocycles. The summed E-state index contributed by atoms with van der Waals surface area (Å²) in [5.41, 5.74) is 1.11. The summed E-state index contributed by atoms with van der Waals surface area (Å²) in [5.74, 6) is -0.901. The van der Waals surface area contributed by atoms with E-state index in [1.807, 2.05) is 0 Å². The molecule has 0 radical (unpaired) electrons. The lowest BCUT2D eigenvalue weighted by atomic mass is 10.1. The van der Waals surface area contributed by atoms with Crippen LogP contribution in [-0.4, -0.2) is 41.8 Å². The summed E-state index contributed by atoms with van der Waals surface area (Å²) in [6.07, 6.45) is 1.19. The predicted molar refractivity (Wildman–Crippen MR) is 50.3 cm³/mol. The molecule has 0 fully saturated rings. The highest BCUT2D eigenvalue weighted by Gasteiger charge is 2.10. The molecule has 0 saturated heterocycles. The second-order valence-electron chi connectivity index (χ2n) is 3.10. The van der Waals surface area contributed by atoms with Gasteiger partial charge in [-0.25, -0.2) is 4.79 Å². The number of rotatable bonds is 5. The molecule has 76 valence electrons. The molecule has 0 heterocycles. The van der Waals surface area contributed by atoms with Crippen LogP contribution in [0, 0.1) is 0 Å². The molecule has 2 N–H and O–H groups in total. The minimum atomic E-state index is -0.901. The molecule has 0 amide bonds. The second-order valence-corrected chi connectivity index (χ2v) is 3.10. The van der Waals surface area contributed by atoms with Crippen LogP contribution < -0.4 is 0 Å². The van der Waals surface area contributed by atoms with E-state index in [-0.39, 0.29) is 6.61 Å². The average molecular weight is 187 g/mol. The fraction of sp³-hybridized carbons (Fsp3) is 0.667. The largest absolute Gasteiger partial charge is 0.478 e. The van der Waals surface area contributed by atoms with Gasteiger partial charge < -0.3 is 15.1 Å². The van der Waals surface area contributed by atoms with Crippen molar-refractivity contribution in [3.63, 3.8) is 0 Å². The molecule has 4 nitrogen and oxygen atoms in total. The quantitative estimate of drug-likeness (QED) is 0.621. The maximum atomic E-state index is 10.7. The van der Waals surface area contributed by atoms with E-state index < -0.39 is 5.97 Å². The summed E-state index contributed by atoms with van der Waals surface area (Å²) >= 11 is 0. The number of hydrogen-bond acceptors (Lipinski definition) is 3. The van der Waals surface area contributed by atoms with E-state index in [4.69, 9.17) is 10.2 Å². The van der Waals surface area contributed by atoms with Gasteiger partial charge in [-0.15, -0.1) is 0 Å². The Hall–Kier alpha value is -1.03. The van der Waals surface area contributed by atoms with Crippen molar-refractivity contribution < 1.29 is 15.0 Å². The summed E-state index contributed by atoms with van der Waals surface area (Å²) in [6, 6.07) is 0. The minimum absolute atomic E-state index is 0.0875. The molecule has 0 atom stereocenters. The normalized spacial score (nSPS) is 12.3. The summed E-state index contributed by atoms with van der Waals surface area (Å²) in [5, 5.41) is 17.4. The number of hydrogen-bond donors (Lipinski definition) is 2. The van der Waals surface area contributed by atoms with E-state index in [9.17, 15) is 4.79 Å². The first-order chi connectivity index (χ1) is 6.00. The van der Waals surface area contributed by atoms with Crippen LogP contribution in [-0.2, 0) is 4.79 Å². The Morgan fingerprint density at radius 3 is 2.23 bits per heavy atom. The summed E-state index contributed by atoms with van der Waals surface area (Å²) in [4.78, 5) is 12.4. The Morgan fingerprint density at radius 1 is 1.38 bits per heavy atom. The first-order valence-electron chi connectivity index (χ1n) is 4.22. The van der Waals surface area contributed by atoms with Crippen LogP contribution in [0.2, 0.25) is 0 Å². The number of allylic oxidation sites excluding steroid dienone is 1. The van der Waals surface area contributed by atoms with Gasteiger partial charge in [-0.05, 0) is 19.8 Å². The highest BCUT2D eigenvalue weighted by atomic mass is 16.4. The molecular weight excluding hydrogens is 170 g/mol. The lowest BCUT2D eigenvalue weighted by Gasteiger charge is -2.18. The molecule has 0 rings (SSSR count). The Labute approximate surface area is 78.5 Å². The van der Waals surface area contributed by atoms with Crippen LogP contribution in [0.4, 0.5) is 0 Å². The first kappa shape index (κ1) is 12.0. The van der Waals surface area contributed by atoms with Crippen LogP contribution in [0.25, 0.3) is 0 Å². The van der Waals surface area contributed by atoms with E-state index >= 15 is 0 Å². The molecule has 0 aromatic heterocycles. The SMILES string of the molecule is CC(C(=O)O)=C(CCCO)N(C)C. The molecule has 13 heavy (non-hydrogen) atoms.